The summed E-state index contributed by atoms with van der Waals surface area (Å²) in [6, 6.07) is 5.65. The van der Waals surface area contributed by atoms with Gasteiger partial charge in [-0.2, -0.15) is 13.2 Å². The fourth-order valence-corrected chi connectivity index (χ4v) is 2.17. The monoisotopic (exact) mass is 347 g/mol. The van der Waals surface area contributed by atoms with Gasteiger partial charge in [0.05, 0.1) is 0 Å². The number of nitrogens with zero attached hydrogens (tertiary/aromatic N) is 1. The van der Waals surface area contributed by atoms with Gasteiger partial charge in [0.15, 0.2) is 11.4 Å². The third-order valence-electron chi connectivity index (χ3n) is 3.31. The van der Waals surface area contributed by atoms with Crippen LogP contribution in [0.5, 0.6) is 5.75 Å². The lowest BCUT2D eigenvalue weighted by atomic mass is 10.1. The second-order valence-electron chi connectivity index (χ2n) is 5.07. The Bertz CT molecular complexity index is 696. The Labute approximate surface area is 134 Å². The number of ether oxygens (including phenoxy) is 1. The van der Waals surface area contributed by atoms with Crippen molar-refractivity contribution in [1.82, 2.24) is 10.5 Å². The molecule has 1 aliphatic heterocycles. The summed E-state index contributed by atoms with van der Waals surface area (Å²) in [5.74, 6) is -1.59. The van der Waals surface area contributed by atoms with E-state index < -0.39 is 12.1 Å². The highest BCUT2D eigenvalue weighted by molar-refractivity contribution is 5.92. The molecule has 1 saturated heterocycles. The molecule has 10 heteroatoms. The number of carboxylic acid groups (broad SMARTS) is 1. The third-order valence-corrected chi connectivity index (χ3v) is 3.31. The highest BCUT2D eigenvalue weighted by Crippen LogP contribution is 2.31. The van der Waals surface area contributed by atoms with Crippen molar-refractivity contribution in [3.05, 3.63) is 18.2 Å². The van der Waals surface area contributed by atoms with E-state index in [-0.39, 0.29) is 6.10 Å². The fraction of sp³-hybridized carbons (Fsp3) is 0.429. The van der Waals surface area contributed by atoms with Crippen LogP contribution in [0, 0.1) is 0 Å². The molecule has 3 rings (SSSR count). The molecule has 4 N–H and O–H groups in total. The predicted octanol–water partition coefficient (Wildman–Crippen LogP) is 2.17. The molecule has 0 radical (unpaired) electrons. The number of hydrogen-bond acceptors (Lipinski definition) is 6. The van der Waals surface area contributed by atoms with Gasteiger partial charge in [-0.1, -0.05) is 11.2 Å². The van der Waals surface area contributed by atoms with Gasteiger partial charge >= 0.3 is 12.1 Å². The zero-order valence-electron chi connectivity index (χ0n) is 12.5. The van der Waals surface area contributed by atoms with E-state index in [4.69, 9.17) is 24.9 Å². The van der Waals surface area contributed by atoms with E-state index in [2.05, 4.69) is 10.5 Å². The number of halogens is 3. The number of piperidine rings is 1. The number of fused-ring (bicyclic) bond motifs is 1. The summed E-state index contributed by atoms with van der Waals surface area (Å²) in [4.78, 5) is 8.90. The molecule has 1 aromatic heterocycles. The molecule has 1 aromatic carbocycles. The summed E-state index contributed by atoms with van der Waals surface area (Å²) in [5.41, 5.74) is 6.46. The molecule has 1 aliphatic rings. The minimum Gasteiger partial charge on any atom is -0.489 e. The topological polar surface area (TPSA) is 111 Å². The van der Waals surface area contributed by atoms with Gasteiger partial charge in [0, 0.05) is 0 Å². The van der Waals surface area contributed by atoms with Crippen LogP contribution in [0.25, 0.3) is 11.0 Å². The van der Waals surface area contributed by atoms with Crippen molar-refractivity contribution in [3.63, 3.8) is 0 Å². The standard InChI is InChI=1S/C12H15N3O2.C2HF3O2/c13-12-11-9(2-1-3-10(11)17-15-12)16-8-4-6-14-7-5-8;3-2(4,5)1(6)7/h1-3,8,14H,4-7H2,(H2,13,15);(H,6,7). The molecule has 0 aliphatic carbocycles. The number of nitrogens with one attached hydrogen (secondary N) is 1. The van der Waals surface area contributed by atoms with Crippen LogP contribution in [0.1, 0.15) is 12.8 Å². The molecule has 0 atom stereocenters. The number of alkyl halides is 3. The smallest absolute Gasteiger partial charge is 0.489 e. The number of rotatable bonds is 2. The van der Waals surface area contributed by atoms with Crippen molar-refractivity contribution in [2.45, 2.75) is 25.1 Å². The second kappa shape index (κ2) is 7.39. The van der Waals surface area contributed by atoms with E-state index in [0.717, 1.165) is 37.1 Å². The first kappa shape index (κ1) is 17.9. The van der Waals surface area contributed by atoms with E-state index in [0.29, 0.717) is 11.4 Å². The van der Waals surface area contributed by atoms with Crippen molar-refractivity contribution in [2.24, 2.45) is 0 Å². The minimum atomic E-state index is -5.08. The molecular weight excluding hydrogens is 331 g/mol. The van der Waals surface area contributed by atoms with Gasteiger partial charge in [-0.3, -0.25) is 0 Å². The van der Waals surface area contributed by atoms with E-state index >= 15 is 0 Å². The number of anilines is 1. The zero-order valence-corrected chi connectivity index (χ0v) is 12.5. The van der Waals surface area contributed by atoms with Crippen molar-refractivity contribution in [1.29, 1.82) is 0 Å². The third kappa shape index (κ3) is 4.51. The van der Waals surface area contributed by atoms with Crippen LogP contribution in [0.15, 0.2) is 22.7 Å². The minimum absolute atomic E-state index is 0.246. The van der Waals surface area contributed by atoms with Gasteiger partial charge < -0.3 is 25.4 Å². The first-order chi connectivity index (χ1) is 11.3. The summed E-state index contributed by atoms with van der Waals surface area (Å²) in [7, 11) is 0. The first-order valence-electron chi connectivity index (χ1n) is 7.10. The number of carboxylic acids is 1. The number of benzene rings is 1. The zero-order chi connectivity index (χ0) is 17.7. The Morgan fingerprint density at radius 2 is 2.00 bits per heavy atom. The van der Waals surface area contributed by atoms with Crippen LogP contribution >= 0.6 is 0 Å². The molecule has 0 saturated carbocycles. The number of nitrogens with two attached hydrogens (primary N) is 1. The number of carbonyl (C=O) groups is 1. The quantitative estimate of drug-likeness (QED) is 0.763. The maximum absolute atomic E-state index is 10.6. The van der Waals surface area contributed by atoms with Gasteiger partial charge in [0.2, 0.25) is 0 Å². The largest absolute Gasteiger partial charge is 0.490 e. The maximum Gasteiger partial charge on any atom is 0.490 e. The molecule has 0 bridgehead atoms. The average Bonchev–Trinajstić information content (AvgIpc) is 2.91. The van der Waals surface area contributed by atoms with Crippen molar-refractivity contribution in [3.8, 4) is 5.75 Å². The van der Waals surface area contributed by atoms with Crippen molar-refractivity contribution >= 4 is 22.8 Å². The van der Waals surface area contributed by atoms with Crippen molar-refractivity contribution in [2.75, 3.05) is 18.8 Å². The fourth-order valence-electron chi connectivity index (χ4n) is 2.17. The van der Waals surface area contributed by atoms with Gasteiger partial charge in [0.1, 0.15) is 17.2 Å². The van der Waals surface area contributed by atoms with Crippen molar-refractivity contribution < 1.29 is 32.3 Å². The SMILES string of the molecule is Nc1noc2cccc(OC3CCNCC3)c12.O=C(O)C(F)(F)F. The van der Waals surface area contributed by atoms with Crippen LogP contribution in [0.4, 0.5) is 19.0 Å². The summed E-state index contributed by atoms with van der Waals surface area (Å²) in [5, 5.41) is 15.0. The molecule has 24 heavy (non-hydrogen) atoms. The molecule has 2 aromatic rings. The average molecular weight is 347 g/mol. The van der Waals surface area contributed by atoms with Crippen LogP contribution in [-0.2, 0) is 4.79 Å². The Balaban J connectivity index is 0.000000256. The van der Waals surface area contributed by atoms with Gasteiger partial charge in [-0.25, -0.2) is 4.79 Å². The van der Waals surface area contributed by atoms with Gasteiger partial charge in [-0.05, 0) is 38.1 Å². The molecular formula is C14H16F3N3O4. The molecule has 2 heterocycles. The van der Waals surface area contributed by atoms with E-state index in [1.165, 1.54) is 0 Å². The predicted molar refractivity (Wildman–Crippen MR) is 78.6 cm³/mol. The van der Waals surface area contributed by atoms with Crippen LogP contribution in [0.2, 0.25) is 0 Å². The number of aromatic nitrogens is 1. The Morgan fingerprint density at radius 1 is 1.38 bits per heavy atom. The maximum atomic E-state index is 10.6. The van der Waals surface area contributed by atoms with Crippen LogP contribution in [0.3, 0.4) is 0 Å². The van der Waals surface area contributed by atoms with E-state index in [9.17, 15) is 13.2 Å². The summed E-state index contributed by atoms with van der Waals surface area (Å²) in [6.07, 6.45) is -2.81. The Kier molecular flexibility index (Phi) is 5.50. The lowest BCUT2D eigenvalue weighted by Crippen LogP contribution is -2.34. The number of nitrogen functional groups attached to an aromatic ring is 1. The summed E-state index contributed by atoms with van der Waals surface area (Å²) in [6.45, 7) is 2.00. The molecule has 0 unspecified atom stereocenters. The van der Waals surface area contributed by atoms with Gasteiger partial charge in [0.25, 0.3) is 0 Å². The number of aliphatic carboxylic acids is 1. The van der Waals surface area contributed by atoms with Gasteiger partial charge in [-0.15, -0.1) is 0 Å². The molecule has 1 fully saturated rings. The lowest BCUT2D eigenvalue weighted by Gasteiger charge is -2.24. The summed E-state index contributed by atoms with van der Waals surface area (Å²) < 4.78 is 42.8. The number of hydrogen-bond donors (Lipinski definition) is 3. The second-order valence-corrected chi connectivity index (χ2v) is 5.07. The molecule has 7 nitrogen and oxygen atoms in total. The highest BCUT2D eigenvalue weighted by atomic mass is 19.4. The molecule has 0 amide bonds. The Hall–Kier alpha value is -2.49. The van der Waals surface area contributed by atoms with E-state index in [1.807, 2.05) is 18.2 Å². The normalized spacial score (nSPS) is 15.6. The molecule has 132 valence electrons. The van der Waals surface area contributed by atoms with Crippen LogP contribution in [-0.4, -0.2) is 41.6 Å². The molecule has 0 spiro atoms. The highest BCUT2D eigenvalue weighted by Gasteiger charge is 2.38. The van der Waals surface area contributed by atoms with Crippen LogP contribution < -0.4 is 15.8 Å². The lowest BCUT2D eigenvalue weighted by molar-refractivity contribution is -0.192. The van der Waals surface area contributed by atoms with E-state index in [1.54, 1.807) is 0 Å². The summed E-state index contributed by atoms with van der Waals surface area (Å²) >= 11 is 0. The first-order valence-corrected chi connectivity index (χ1v) is 7.10. The Morgan fingerprint density at radius 3 is 2.58 bits per heavy atom.